The number of nitrogens with zero attached hydrogens (tertiary/aromatic N) is 4. The molecule has 0 spiro atoms. The molecule has 7 nitrogen and oxygen atoms in total. The molecule has 2 aromatic carbocycles. The Hall–Kier alpha value is -3.32. The number of halogens is 1. The van der Waals surface area contributed by atoms with Crippen LogP contribution in [-0.2, 0) is 0 Å². The second kappa shape index (κ2) is 9.14. The Morgan fingerprint density at radius 2 is 1.79 bits per heavy atom. The van der Waals surface area contributed by atoms with Crippen LogP contribution in [0, 0.1) is 0 Å². The smallest absolute Gasteiger partial charge is 0.230 e. The van der Waals surface area contributed by atoms with Crippen molar-refractivity contribution in [1.82, 2.24) is 20.2 Å². The first kappa shape index (κ1) is 22.5. The van der Waals surface area contributed by atoms with Crippen molar-refractivity contribution < 1.29 is 4.74 Å². The van der Waals surface area contributed by atoms with Crippen molar-refractivity contribution in [1.29, 1.82) is 0 Å². The molecule has 1 aliphatic rings. The maximum atomic E-state index is 6.71. The van der Waals surface area contributed by atoms with Gasteiger partial charge in [0.05, 0.1) is 16.2 Å². The van der Waals surface area contributed by atoms with Gasteiger partial charge in [-0.05, 0) is 70.4 Å². The second-order valence-electron chi connectivity index (χ2n) is 9.58. The van der Waals surface area contributed by atoms with Gasteiger partial charge in [-0.3, -0.25) is 5.10 Å². The molecule has 1 fully saturated rings. The van der Waals surface area contributed by atoms with Gasteiger partial charge in [-0.15, -0.1) is 0 Å². The molecule has 0 atom stereocenters. The average Bonchev–Trinajstić information content (AvgIpc) is 3.21. The van der Waals surface area contributed by atoms with Gasteiger partial charge in [0.15, 0.2) is 5.82 Å². The molecule has 3 heterocycles. The Bertz CT molecular complexity index is 1310. The van der Waals surface area contributed by atoms with E-state index in [0.29, 0.717) is 16.8 Å². The van der Waals surface area contributed by atoms with Crippen molar-refractivity contribution in [3.8, 4) is 17.0 Å². The van der Waals surface area contributed by atoms with E-state index in [-0.39, 0.29) is 5.60 Å². The van der Waals surface area contributed by atoms with Crippen LogP contribution >= 0.6 is 11.6 Å². The third kappa shape index (κ3) is 4.94. The monoisotopic (exact) mass is 476 g/mol. The normalized spacial score (nSPS) is 14.4. The molecule has 2 aromatic heterocycles. The largest absolute Gasteiger partial charge is 0.488 e. The van der Waals surface area contributed by atoms with Gasteiger partial charge >= 0.3 is 0 Å². The Morgan fingerprint density at radius 3 is 2.56 bits per heavy atom. The Morgan fingerprint density at radius 1 is 1.00 bits per heavy atom. The molecule has 1 saturated heterocycles. The highest BCUT2D eigenvalue weighted by molar-refractivity contribution is 6.33. The number of aromatic nitrogens is 4. The third-order valence-electron chi connectivity index (χ3n) is 5.73. The van der Waals surface area contributed by atoms with E-state index in [1.807, 2.05) is 69.3 Å². The summed E-state index contributed by atoms with van der Waals surface area (Å²) in [6.45, 7) is 8.00. The Kier molecular flexibility index (Phi) is 6.04. The molecule has 5 rings (SSSR count). The highest BCUT2D eigenvalue weighted by Gasteiger charge is 2.19. The van der Waals surface area contributed by atoms with Gasteiger partial charge in [-0.1, -0.05) is 23.7 Å². The highest BCUT2D eigenvalue weighted by Crippen LogP contribution is 2.34. The van der Waals surface area contributed by atoms with Crippen LogP contribution in [-0.4, -0.2) is 38.9 Å². The third-order valence-corrected chi connectivity index (χ3v) is 6.05. The lowest BCUT2D eigenvalue weighted by Crippen LogP contribution is -2.30. The van der Waals surface area contributed by atoms with Crippen molar-refractivity contribution in [2.75, 3.05) is 23.3 Å². The molecular formula is C26H29ClN6O. The van der Waals surface area contributed by atoms with E-state index in [9.17, 15) is 0 Å². The quantitative estimate of drug-likeness (QED) is 0.338. The summed E-state index contributed by atoms with van der Waals surface area (Å²) in [6, 6.07) is 15.7. The SMILES string of the molecule is CC(C)(C)Oc1ccc(-c2cc(N3CCCCC3)nc(Nc3n[nH]c4ccccc34)n2)c(Cl)c1. The van der Waals surface area contributed by atoms with E-state index in [1.54, 1.807) is 0 Å². The van der Waals surface area contributed by atoms with Crippen LogP contribution in [0.3, 0.4) is 0 Å². The number of aromatic amines is 1. The number of nitrogens with one attached hydrogen (secondary N) is 2. The van der Waals surface area contributed by atoms with Gasteiger partial charge in [-0.2, -0.15) is 10.1 Å². The van der Waals surface area contributed by atoms with E-state index in [1.165, 1.54) is 6.42 Å². The summed E-state index contributed by atoms with van der Waals surface area (Å²) in [5.41, 5.74) is 2.24. The van der Waals surface area contributed by atoms with Crippen molar-refractivity contribution in [2.24, 2.45) is 0 Å². The number of rotatable bonds is 5. The summed E-state index contributed by atoms with van der Waals surface area (Å²) in [7, 11) is 0. The predicted molar refractivity (Wildman–Crippen MR) is 138 cm³/mol. The Labute approximate surface area is 204 Å². The number of para-hydroxylation sites is 1. The molecule has 0 radical (unpaired) electrons. The molecule has 34 heavy (non-hydrogen) atoms. The second-order valence-corrected chi connectivity index (χ2v) is 9.99. The summed E-state index contributed by atoms with van der Waals surface area (Å²) in [6.07, 6.45) is 3.57. The average molecular weight is 477 g/mol. The number of fused-ring (bicyclic) bond motifs is 1. The van der Waals surface area contributed by atoms with E-state index in [2.05, 4.69) is 20.4 Å². The van der Waals surface area contributed by atoms with Gasteiger partial charge in [0.1, 0.15) is 17.2 Å². The first-order valence-corrected chi connectivity index (χ1v) is 12.1. The van der Waals surface area contributed by atoms with Gasteiger partial charge in [-0.25, -0.2) is 4.98 Å². The number of hydrogen-bond donors (Lipinski definition) is 2. The van der Waals surface area contributed by atoms with Crippen molar-refractivity contribution >= 4 is 40.1 Å². The zero-order valence-corrected chi connectivity index (χ0v) is 20.5. The van der Waals surface area contributed by atoms with Crippen molar-refractivity contribution in [3.05, 3.63) is 53.6 Å². The lowest BCUT2D eigenvalue weighted by atomic mass is 10.1. The van der Waals surface area contributed by atoms with Crippen LogP contribution < -0.4 is 15.0 Å². The van der Waals surface area contributed by atoms with Gasteiger partial charge in [0.2, 0.25) is 5.95 Å². The lowest BCUT2D eigenvalue weighted by molar-refractivity contribution is 0.131. The van der Waals surface area contributed by atoms with Crippen LogP contribution in [0.5, 0.6) is 5.75 Å². The number of ether oxygens (including phenoxy) is 1. The molecular weight excluding hydrogens is 448 g/mol. The lowest BCUT2D eigenvalue weighted by Gasteiger charge is -2.28. The van der Waals surface area contributed by atoms with Crippen LogP contribution in [0.15, 0.2) is 48.5 Å². The molecule has 0 saturated carbocycles. The maximum Gasteiger partial charge on any atom is 0.230 e. The van der Waals surface area contributed by atoms with E-state index in [0.717, 1.165) is 59.7 Å². The van der Waals surface area contributed by atoms with Crippen molar-refractivity contribution in [3.63, 3.8) is 0 Å². The first-order valence-electron chi connectivity index (χ1n) is 11.7. The zero-order valence-electron chi connectivity index (χ0n) is 19.7. The predicted octanol–water partition coefficient (Wildman–Crippen LogP) is 6.58. The molecule has 0 unspecified atom stereocenters. The highest BCUT2D eigenvalue weighted by atomic mass is 35.5. The number of piperidine rings is 1. The Balaban J connectivity index is 1.54. The summed E-state index contributed by atoms with van der Waals surface area (Å²) >= 11 is 6.71. The van der Waals surface area contributed by atoms with Crippen LogP contribution in [0.25, 0.3) is 22.2 Å². The number of anilines is 3. The summed E-state index contributed by atoms with van der Waals surface area (Å²) in [5, 5.41) is 12.4. The molecule has 0 bridgehead atoms. The number of benzene rings is 2. The molecule has 2 N–H and O–H groups in total. The standard InChI is InChI=1S/C26H29ClN6O/c1-26(2,3)34-17-11-12-18(20(27)15-17)22-16-23(33-13-7-4-8-14-33)29-25(28-22)30-24-19-9-5-6-10-21(19)31-32-24/h5-6,9-12,15-16H,4,7-8,13-14H2,1-3H3,(H2,28,29,30,31,32). The fourth-order valence-electron chi connectivity index (χ4n) is 4.20. The minimum atomic E-state index is -0.301. The van der Waals surface area contributed by atoms with Gasteiger partial charge < -0.3 is 15.0 Å². The van der Waals surface area contributed by atoms with E-state index >= 15 is 0 Å². The molecule has 4 aromatic rings. The maximum absolute atomic E-state index is 6.71. The topological polar surface area (TPSA) is 79.0 Å². The fourth-order valence-corrected chi connectivity index (χ4v) is 4.47. The molecule has 0 amide bonds. The molecule has 1 aliphatic heterocycles. The summed E-state index contributed by atoms with van der Waals surface area (Å²) in [4.78, 5) is 12.0. The van der Waals surface area contributed by atoms with E-state index < -0.39 is 0 Å². The number of H-pyrrole nitrogens is 1. The van der Waals surface area contributed by atoms with E-state index in [4.69, 9.17) is 26.3 Å². The van der Waals surface area contributed by atoms with Gasteiger partial charge in [0, 0.05) is 30.1 Å². The van der Waals surface area contributed by atoms with Crippen molar-refractivity contribution in [2.45, 2.75) is 45.6 Å². The summed E-state index contributed by atoms with van der Waals surface area (Å²) < 4.78 is 5.98. The van der Waals surface area contributed by atoms with Crippen LogP contribution in [0.1, 0.15) is 40.0 Å². The summed E-state index contributed by atoms with van der Waals surface area (Å²) in [5.74, 6) is 2.80. The van der Waals surface area contributed by atoms with Crippen LogP contribution in [0.2, 0.25) is 5.02 Å². The minimum absolute atomic E-state index is 0.301. The number of hydrogen-bond acceptors (Lipinski definition) is 6. The molecule has 176 valence electrons. The fraction of sp³-hybridized carbons (Fsp3) is 0.346. The minimum Gasteiger partial charge on any atom is -0.488 e. The zero-order chi connectivity index (χ0) is 23.7. The van der Waals surface area contributed by atoms with Crippen LogP contribution in [0.4, 0.5) is 17.6 Å². The molecule has 8 heteroatoms. The first-order chi connectivity index (χ1) is 16.4. The molecule has 0 aliphatic carbocycles. The van der Waals surface area contributed by atoms with Gasteiger partial charge in [0.25, 0.3) is 0 Å².